The lowest BCUT2D eigenvalue weighted by Crippen LogP contribution is -2.44. The number of hydrogen-bond donors (Lipinski definition) is 1. The molecule has 5 nitrogen and oxygen atoms in total. The predicted octanol–water partition coefficient (Wildman–Crippen LogP) is 3.20. The highest BCUT2D eigenvalue weighted by atomic mass is 127. The predicted molar refractivity (Wildman–Crippen MR) is 119 cm³/mol. The van der Waals surface area contributed by atoms with Crippen LogP contribution in [0, 0.1) is 11.7 Å². The van der Waals surface area contributed by atoms with Crippen molar-refractivity contribution in [3.63, 3.8) is 0 Å². The van der Waals surface area contributed by atoms with Gasteiger partial charge in [-0.2, -0.15) is 0 Å². The molecule has 0 spiro atoms. The van der Waals surface area contributed by atoms with Gasteiger partial charge in [-0.15, -0.1) is 24.0 Å². The number of aliphatic imine (C=N–C) groups is 1. The van der Waals surface area contributed by atoms with Crippen molar-refractivity contribution >= 4 is 29.9 Å². The fraction of sp³-hybridized carbons (Fsp3) is 0.650. The number of likely N-dealkylation sites (tertiary alicyclic amines) is 2. The molecule has 0 aromatic heterocycles. The first-order valence-electron chi connectivity index (χ1n) is 9.74. The summed E-state index contributed by atoms with van der Waals surface area (Å²) in [5.41, 5.74) is 0. The smallest absolute Gasteiger partial charge is 0.193 e. The molecule has 2 heterocycles. The highest BCUT2D eigenvalue weighted by Gasteiger charge is 2.27. The van der Waals surface area contributed by atoms with Gasteiger partial charge in [-0.3, -0.25) is 4.99 Å². The lowest BCUT2D eigenvalue weighted by molar-refractivity contribution is 0.221. The third-order valence-electron chi connectivity index (χ3n) is 5.19. The number of hydrogen-bond acceptors (Lipinski definition) is 3. The van der Waals surface area contributed by atoms with Gasteiger partial charge in [0.1, 0.15) is 17.7 Å². The van der Waals surface area contributed by atoms with Crippen molar-refractivity contribution in [3.8, 4) is 5.75 Å². The second-order valence-corrected chi connectivity index (χ2v) is 7.42. The summed E-state index contributed by atoms with van der Waals surface area (Å²) in [4.78, 5) is 9.37. The summed E-state index contributed by atoms with van der Waals surface area (Å²) >= 11 is 0. The lowest BCUT2D eigenvalue weighted by atomic mass is 10.1. The van der Waals surface area contributed by atoms with E-state index in [-0.39, 0.29) is 35.9 Å². The van der Waals surface area contributed by atoms with Gasteiger partial charge < -0.3 is 19.9 Å². The molecule has 2 atom stereocenters. The van der Waals surface area contributed by atoms with E-state index < -0.39 is 0 Å². The summed E-state index contributed by atoms with van der Waals surface area (Å²) in [7, 11) is 1.83. The molecule has 2 unspecified atom stereocenters. The first kappa shape index (κ1) is 22.2. The van der Waals surface area contributed by atoms with Crippen LogP contribution in [0.2, 0.25) is 0 Å². The Hall–Kier alpha value is -1.09. The maximum atomic E-state index is 13.2. The van der Waals surface area contributed by atoms with Crippen LogP contribution in [0.3, 0.4) is 0 Å². The summed E-state index contributed by atoms with van der Waals surface area (Å²) < 4.78 is 19.0. The Morgan fingerprint density at radius 1 is 1.33 bits per heavy atom. The Kier molecular flexibility index (Phi) is 9.08. The summed E-state index contributed by atoms with van der Waals surface area (Å²) in [5.74, 6) is 1.94. The summed E-state index contributed by atoms with van der Waals surface area (Å²) in [5, 5.41) is 3.40. The van der Waals surface area contributed by atoms with E-state index in [0.717, 1.165) is 25.0 Å². The van der Waals surface area contributed by atoms with E-state index in [1.165, 1.54) is 51.0 Å². The van der Waals surface area contributed by atoms with E-state index in [1.807, 2.05) is 14.0 Å². The molecule has 0 aliphatic carbocycles. The Balaban J connectivity index is 0.00000261. The van der Waals surface area contributed by atoms with Crippen LogP contribution in [-0.2, 0) is 0 Å². The monoisotopic (exact) mass is 490 g/mol. The number of nitrogens with one attached hydrogen (secondary N) is 1. The minimum atomic E-state index is -0.278. The van der Waals surface area contributed by atoms with Gasteiger partial charge in [0.15, 0.2) is 5.96 Å². The maximum absolute atomic E-state index is 13.2. The minimum Gasteiger partial charge on any atom is -0.489 e. The third kappa shape index (κ3) is 6.78. The van der Waals surface area contributed by atoms with E-state index >= 15 is 0 Å². The first-order chi connectivity index (χ1) is 12.6. The van der Waals surface area contributed by atoms with Crippen molar-refractivity contribution in [1.29, 1.82) is 0 Å². The van der Waals surface area contributed by atoms with E-state index in [4.69, 9.17) is 4.74 Å². The van der Waals surface area contributed by atoms with Crippen molar-refractivity contribution in [2.45, 2.75) is 32.3 Å². The van der Waals surface area contributed by atoms with Gasteiger partial charge in [0.05, 0.1) is 6.54 Å². The lowest BCUT2D eigenvalue weighted by Gasteiger charge is -2.24. The van der Waals surface area contributed by atoms with Gasteiger partial charge in [-0.1, -0.05) is 6.07 Å². The van der Waals surface area contributed by atoms with Crippen LogP contribution >= 0.6 is 24.0 Å². The number of guanidine groups is 1. The topological polar surface area (TPSA) is 40.1 Å². The van der Waals surface area contributed by atoms with E-state index in [1.54, 1.807) is 12.1 Å². The molecular weight excluding hydrogens is 458 g/mol. The van der Waals surface area contributed by atoms with Gasteiger partial charge in [-0.05, 0) is 57.3 Å². The van der Waals surface area contributed by atoms with Crippen LogP contribution in [0.1, 0.15) is 26.2 Å². The highest BCUT2D eigenvalue weighted by Crippen LogP contribution is 2.20. The van der Waals surface area contributed by atoms with E-state index in [9.17, 15) is 4.39 Å². The number of rotatable bonds is 6. The molecule has 1 N–H and O–H groups in total. The van der Waals surface area contributed by atoms with Crippen LogP contribution in [0.25, 0.3) is 0 Å². The van der Waals surface area contributed by atoms with Gasteiger partial charge in [0.25, 0.3) is 0 Å². The molecule has 1 aromatic carbocycles. The maximum Gasteiger partial charge on any atom is 0.193 e. The zero-order chi connectivity index (χ0) is 18.4. The minimum absolute atomic E-state index is 0. The SMILES string of the molecule is CN=C(NCC(C)Oc1cccc(F)c1)N1CCC(CN2CCCC2)C1.I. The number of ether oxygens (including phenoxy) is 1. The Bertz CT molecular complexity index is 609. The van der Waals surface area contributed by atoms with Crippen LogP contribution in [0.4, 0.5) is 4.39 Å². The van der Waals surface area contributed by atoms with Crippen molar-refractivity contribution in [2.24, 2.45) is 10.9 Å². The first-order valence-corrected chi connectivity index (χ1v) is 9.74. The van der Waals surface area contributed by atoms with Gasteiger partial charge in [-0.25, -0.2) is 4.39 Å². The molecular formula is C20H32FIN4O. The molecule has 0 saturated carbocycles. The number of nitrogens with zero attached hydrogens (tertiary/aromatic N) is 3. The Labute approximate surface area is 179 Å². The van der Waals surface area contributed by atoms with E-state index in [0.29, 0.717) is 12.3 Å². The molecule has 2 saturated heterocycles. The van der Waals surface area contributed by atoms with Crippen molar-refractivity contribution in [1.82, 2.24) is 15.1 Å². The molecule has 2 aliphatic heterocycles. The molecule has 3 rings (SSSR count). The fourth-order valence-electron chi connectivity index (χ4n) is 3.89. The Morgan fingerprint density at radius 2 is 2.11 bits per heavy atom. The Morgan fingerprint density at radius 3 is 2.81 bits per heavy atom. The fourth-order valence-corrected chi connectivity index (χ4v) is 3.89. The van der Waals surface area contributed by atoms with Crippen molar-refractivity contribution in [3.05, 3.63) is 30.1 Å². The molecule has 152 valence electrons. The highest BCUT2D eigenvalue weighted by molar-refractivity contribution is 14.0. The third-order valence-corrected chi connectivity index (χ3v) is 5.19. The van der Waals surface area contributed by atoms with Crippen LogP contribution < -0.4 is 10.1 Å². The number of benzene rings is 1. The second-order valence-electron chi connectivity index (χ2n) is 7.42. The van der Waals surface area contributed by atoms with Crippen LogP contribution in [0.5, 0.6) is 5.75 Å². The van der Waals surface area contributed by atoms with E-state index in [2.05, 4.69) is 20.1 Å². The van der Waals surface area contributed by atoms with Crippen LogP contribution in [-0.4, -0.2) is 68.2 Å². The standard InChI is InChI=1S/C20H31FN4O.HI/c1-16(26-19-7-5-6-18(21)12-19)13-23-20(22-2)25-11-8-17(15-25)14-24-9-3-4-10-24;/h5-7,12,16-17H,3-4,8-11,13-15H2,1-2H3,(H,22,23);1H. The van der Waals surface area contributed by atoms with Crippen molar-refractivity contribution in [2.75, 3.05) is 46.3 Å². The molecule has 0 bridgehead atoms. The molecule has 0 amide bonds. The molecule has 1 aromatic rings. The van der Waals surface area contributed by atoms with Crippen molar-refractivity contribution < 1.29 is 9.13 Å². The average molecular weight is 490 g/mol. The largest absolute Gasteiger partial charge is 0.489 e. The summed E-state index contributed by atoms with van der Waals surface area (Å²) in [6.45, 7) is 8.47. The molecule has 2 fully saturated rings. The summed E-state index contributed by atoms with van der Waals surface area (Å²) in [6.07, 6.45) is 3.86. The van der Waals surface area contributed by atoms with Gasteiger partial charge in [0.2, 0.25) is 0 Å². The zero-order valence-electron chi connectivity index (χ0n) is 16.4. The van der Waals surface area contributed by atoms with Gasteiger partial charge >= 0.3 is 0 Å². The normalized spacial score (nSPS) is 21.8. The molecule has 2 aliphatic rings. The average Bonchev–Trinajstić information content (AvgIpc) is 3.28. The molecule has 27 heavy (non-hydrogen) atoms. The van der Waals surface area contributed by atoms with Crippen LogP contribution in [0.15, 0.2) is 29.3 Å². The molecule has 0 radical (unpaired) electrons. The quantitative estimate of drug-likeness (QED) is 0.378. The summed E-state index contributed by atoms with van der Waals surface area (Å²) in [6, 6.07) is 6.27. The second kappa shape index (κ2) is 11.0. The van der Waals surface area contributed by atoms with Gasteiger partial charge in [0, 0.05) is 32.7 Å². The number of halogens is 2. The zero-order valence-corrected chi connectivity index (χ0v) is 18.7. The molecule has 7 heteroatoms.